The predicted molar refractivity (Wildman–Crippen MR) is 116 cm³/mol. The van der Waals surface area contributed by atoms with Gasteiger partial charge in [0.2, 0.25) is 0 Å². The molecule has 29 heavy (non-hydrogen) atoms. The lowest BCUT2D eigenvalue weighted by Gasteiger charge is -2.25. The van der Waals surface area contributed by atoms with Gasteiger partial charge in [0, 0.05) is 33.9 Å². The number of hydrogen-bond donors (Lipinski definition) is 1. The predicted octanol–water partition coefficient (Wildman–Crippen LogP) is 5.18. The Morgan fingerprint density at radius 3 is 2.34 bits per heavy atom. The summed E-state index contributed by atoms with van der Waals surface area (Å²) in [5.41, 5.74) is 3.16. The maximum Gasteiger partial charge on any atom is 0.264 e. The molecule has 0 spiro atoms. The number of nitrogens with one attached hydrogen (secondary N) is 1. The largest absolute Gasteiger partial charge is 0.382 e. The summed E-state index contributed by atoms with van der Waals surface area (Å²) in [6.07, 6.45) is 5.74. The third kappa shape index (κ3) is 3.55. The van der Waals surface area contributed by atoms with E-state index in [1.165, 1.54) is 0 Å². The lowest BCUT2D eigenvalue weighted by atomic mass is 10.1. The smallest absolute Gasteiger partial charge is 0.264 e. The highest BCUT2D eigenvalue weighted by Gasteiger charge is 2.26. The Hall–Kier alpha value is -3.73. The normalized spacial score (nSPS) is 13.2. The van der Waals surface area contributed by atoms with Crippen LogP contribution in [-0.4, -0.2) is 22.1 Å². The molecule has 1 aliphatic carbocycles. The van der Waals surface area contributed by atoms with Crippen LogP contribution in [0.3, 0.4) is 0 Å². The molecular weight excluding hydrogens is 360 g/mol. The molecule has 0 unspecified atom stereocenters. The minimum Gasteiger partial charge on any atom is -0.382 e. The number of anilines is 3. The summed E-state index contributed by atoms with van der Waals surface area (Å²) in [7, 11) is 0. The third-order valence-corrected chi connectivity index (χ3v) is 5.10. The van der Waals surface area contributed by atoms with Gasteiger partial charge in [0.15, 0.2) is 0 Å². The molecule has 1 amide bonds. The fourth-order valence-electron chi connectivity index (χ4n) is 3.45. The van der Waals surface area contributed by atoms with E-state index in [4.69, 9.17) is 0 Å². The topological polar surface area (TPSA) is 58.1 Å². The maximum atomic E-state index is 13.8. The van der Waals surface area contributed by atoms with E-state index in [0.717, 1.165) is 40.7 Å². The Morgan fingerprint density at radius 1 is 0.828 bits per heavy atom. The zero-order valence-corrected chi connectivity index (χ0v) is 15.8. The Morgan fingerprint density at radius 2 is 1.55 bits per heavy atom. The monoisotopic (exact) mass is 380 g/mol. The second kappa shape index (κ2) is 7.36. The average molecular weight is 380 g/mol. The van der Waals surface area contributed by atoms with E-state index in [-0.39, 0.29) is 5.91 Å². The van der Waals surface area contributed by atoms with Crippen molar-refractivity contribution in [1.82, 2.24) is 10.2 Å². The molecule has 4 aromatic rings. The molecule has 0 atom stereocenters. The molecule has 1 N–H and O–H groups in total. The van der Waals surface area contributed by atoms with Crippen molar-refractivity contribution in [2.45, 2.75) is 18.9 Å². The summed E-state index contributed by atoms with van der Waals surface area (Å²) < 4.78 is 0. The lowest BCUT2D eigenvalue weighted by molar-refractivity contribution is 0.1000. The molecule has 142 valence electrons. The highest BCUT2D eigenvalue weighted by molar-refractivity contribution is 6.14. The molecule has 5 heteroatoms. The first-order valence-electron chi connectivity index (χ1n) is 9.75. The van der Waals surface area contributed by atoms with E-state index in [0.29, 0.717) is 11.6 Å². The van der Waals surface area contributed by atoms with Crippen LogP contribution >= 0.6 is 0 Å². The first-order chi connectivity index (χ1) is 14.3. The quantitative estimate of drug-likeness (QED) is 0.518. The highest BCUT2D eigenvalue weighted by Crippen LogP contribution is 2.33. The minimum absolute atomic E-state index is 0.0682. The number of carbonyl (C=O) groups is 1. The van der Waals surface area contributed by atoms with Gasteiger partial charge in [0.1, 0.15) is 0 Å². The Bertz CT molecular complexity index is 1170. The fourth-order valence-corrected chi connectivity index (χ4v) is 3.45. The number of para-hydroxylation sites is 2. The van der Waals surface area contributed by atoms with Gasteiger partial charge in [-0.25, -0.2) is 0 Å². The van der Waals surface area contributed by atoms with Crippen LogP contribution in [0.25, 0.3) is 10.8 Å². The summed E-state index contributed by atoms with van der Waals surface area (Å²) in [4.78, 5) is 15.5. The van der Waals surface area contributed by atoms with Gasteiger partial charge in [-0.05, 0) is 49.2 Å². The molecule has 1 heterocycles. The van der Waals surface area contributed by atoms with Crippen LogP contribution in [0.4, 0.5) is 17.1 Å². The molecule has 5 nitrogen and oxygen atoms in total. The van der Waals surface area contributed by atoms with Gasteiger partial charge in [-0.3, -0.25) is 9.69 Å². The second-order valence-corrected chi connectivity index (χ2v) is 7.24. The van der Waals surface area contributed by atoms with Crippen LogP contribution in [0.15, 0.2) is 85.2 Å². The van der Waals surface area contributed by atoms with Crippen molar-refractivity contribution in [3.05, 3.63) is 90.8 Å². The number of nitrogens with zero attached hydrogens (tertiary/aromatic N) is 3. The summed E-state index contributed by atoms with van der Waals surface area (Å²) in [5.74, 6) is -0.0682. The number of carbonyl (C=O) groups excluding carboxylic acids is 1. The Labute approximate surface area is 169 Å². The number of rotatable bonds is 5. The van der Waals surface area contributed by atoms with Gasteiger partial charge in [0.25, 0.3) is 5.91 Å². The van der Waals surface area contributed by atoms with E-state index in [1.54, 1.807) is 17.3 Å². The number of aromatic nitrogens is 2. The van der Waals surface area contributed by atoms with Gasteiger partial charge in [-0.1, -0.05) is 36.4 Å². The van der Waals surface area contributed by atoms with Crippen LogP contribution in [0.5, 0.6) is 0 Å². The molecule has 1 aromatic heterocycles. The van der Waals surface area contributed by atoms with Crippen molar-refractivity contribution < 1.29 is 4.79 Å². The van der Waals surface area contributed by atoms with E-state index < -0.39 is 0 Å². The Balaban J connectivity index is 1.62. The standard InChI is InChI=1S/C24H20N4O/c29-24(22-8-4-5-9-23(22)27-19-11-12-19)28(20-6-2-1-3-7-20)21-13-10-17-15-25-26-16-18(17)14-21/h1-10,13-16,19,27H,11-12H2. The van der Waals surface area contributed by atoms with Gasteiger partial charge in [-0.2, -0.15) is 10.2 Å². The van der Waals surface area contributed by atoms with E-state index >= 15 is 0 Å². The number of benzene rings is 3. The molecule has 1 aliphatic rings. The van der Waals surface area contributed by atoms with Gasteiger partial charge >= 0.3 is 0 Å². The van der Waals surface area contributed by atoms with E-state index in [9.17, 15) is 4.79 Å². The summed E-state index contributed by atoms with van der Waals surface area (Å²) in [5, 5.41) is 13.3. The van der Waals surface area contributed by atoms with Gasteiger partial charge in [0.05, 0.1) is 18.0 Å². The van der Waals surface area contributed by atoms with Gasteiger partial charge < -0.3 is 5.32 Å². The van der Waals surface area contributed by atoms with Gasteiger partial charge in [-0.15, -0.1) is 0 Å². The summed E-state index contributed by atoms with van der Waals surface area (Å²) in [6, 6.07) is 23.8. The molecule has 3 aromatic carbocycles. The van der Waals surface area contributed by atoms with Crippen molar-refractivity contribution in [3.8, 4) is 0 Å². The zero-order chi connectivity index (χ0) is 19.6. The second-order valence-electron chi connectivity index (χ2n) is 7.24. The molecule has 0 radical (unpaired) electrons. The summed E-state index contributed by atoms with van der Waals surface area (Å²) in [6.45, 7) is 0. The molecule has 1 saturated carbocycles. The summed E-state index contributed by atoms with van der Waals surface area (Å²) >= 11 is 0. The van der Waals surface area contributed by atoms with E-state index in [1.807, 2.05) is 72.8 Å². The number of amides is 1. The Kier molecular flexibility index (Phi) is 4.41. The van der Waals surface area contributed by atoms with Crippen molar-refractivity contribution in [3.63, 3.8) is 0 Å². The lowest BCUT2D eigenvalue weighted by Crippen LogP contribution is -2.27. The average Bonchev–Trinajstić information content (AvgIpc) is 3.59. The van der Waals surface area contributed by atoms with Crippen LogP contribution in [0.2, 0.25) is 0 Å². The maximum absolute atomic E-state index is 13.8. The van der Waals surface area contributed by atoms with Crippen molar-refractivity contribution in [2.75, 3.05) is 10.2 Å². The van der Waals surface area contributed by atoms with Crippen LogP contribution < -0.4 is 10.2 Å². The minimum atomic E-state index is -0.0682. The molecule has 5 rings (SSSR count). The number of fused-ring (bicyclic) bond motifs is 1. The molecule has 0 saturated heterocycles. The molecule has 0 aliphatic heterocycles. The van der Waals surface area contributed by atoms with Crippen molar-refractivity contribution in [2.24, 2.45) is 0 Å². The third-order valence-electron chi connectivity index (χ3n) is 5.10. The first-order valence-corrected chi connectivity index (χ1v) is 9.75. The van der Waals surface area contributed by atoms with E-state index in [2.05, 4.69) is 15.5 Å². The zero-order valence-electron chi connectivity index (χ0n) is 15.8. The SMILES string of the molecule is O=C(c1ccccc1NC1CC1)N(c1ccccc1)c1ccc2cnncc2c1. The van der Waals surface area contributed by atoms with Crippen molar-refractivity contribution >= 4 is 33.7 Å². The fraction of sp³-hybridized carbons (Fsp3) is 0.125. The van der Waals surface area contributed by atoms with Crippen LogP contribution in [0.1, 0.15) is 23.2 Å². The molecule has 0 bridgehead atoms. The van der Waals surface area contributed by atoms with Crippen LogP contribution in [0, 0.1) is 0 Å². The molecule has 1 fully saturated rings. The molecular formula is C24H20N4O. The first kappa shape index (κ1) is 17.4. The van der Waals surface area contributed by atoms with Crippen molar-refractivity contribution in [1.29, 1.82) is 0 Å². The highest BCUT2D eigenvalue weighted by atomic mass is 16.2. The number of hydrogen-bond acceptors (Lipinski definition) is 4. The van der Waals surface area contributed by atoms with Crippen LogP contribution in [-0.2, 0) is 0 Å².